The fourth-order valence-electron chi connectivity index (χ4n) is 2.83. The second-order valence-corrected chi connectivity index (χ2v) is 6.32. The molecule has 0 unspecified atom stereocenters. The molecule has 11 nitrogen and oxygen atoms in total. The van der Waals surface area contributed by atoms with Crippen LogP contribution in [0.5, 0.6) is 5.75 Å². The summed E-state index contributed by atoms with van der Waals surface area (Å²) in [5.74, 6) is 1.51. The van der Waals surface area contributed by atoms with Gasteiger partial charge in [-0.25, -0.2) is 9.97 Å². The molecule has 4 rings (SSSR count). The molecule has 0 aliphatic rings. The van der Waals surface area contributed by atoms with Gasteiger partial charge in [0.15, 0.2) is 11.6 Å². The van der Waals surface area contributed by atoms with Crippen molar-refractivity contribution in [1.29, 1.82) is 0 Å². The highest BCUT2D eigenvalue weighted by Crippen LogP contribution is 2.37. The van der Waals surface area contributed by atoms with Crippen molar-refractivity contribution in [2.24, 2.45) is 5.73 Å². The highest BCUT2D eigenvalue weighted by Gasteiger charge is 2.19. The van der Waals surface area contributed by atoms with Crippen LogP contribution in [0.2, 0.25) is 0 Å². The van der Waals surface area contributed by atoms with E-state index in [-0.39, 0.29) is 17.3 Å². The molecule has 0 atom stereocenters. The lowest BCUT2D eigenvalue weighted by molar-refractivity contribution is 0.100. The monoisotopic (exact) mass is 418 g/mol. The molecule has 0 spiro atoms. The zero-order chi connectivity index (χ0) is 21.8. The van der Waals surface area contributed by atoms with Crippen LogP contribution in [0.4, 0.5) is 23.3 Å². The molecule has 0 saturated carbocycles. The van der Waals surface area contributed by atoms with Crippen LogP contribution in [-0.2, 0) is 0 Å². The maximum atomic E-state index is 11.9. The number of anilines is 4. The van der Waals surface area contributed by atoms with E-state index in [2.05, 4.69) is 35.7 Å². The minimum Gasteiger partial charge on any atom is -0.494 e. The summed E-state index contributed by atoms with van der Waals surface area (Å²) in [6.07, 6.45) is 2.97. The smallest absolute Gasteiger partial charge is 0.261 e. The Labute approximate surface area is 176 Å². The van der Waals surface area contributed by atoms with Crippen LogP contribution in [-0.4, -0.2) is 38.1 Å². The van der Waals surface area contributed by atoms with Crippen LogP contribution in [0.25, 0.3) is 11.5 Å². The van der Waals surface area contributed by atoms with E-state index < -0.39 is 5.91 Å². The van der Waals surface area contributed by atoms with Gasteiger partial charge in [-0.15, -0.1) is 0 Å². The number of ether oxygens (including phenoxy) is 1. The summed E-state index contributed by atoms with van der Waals surface area (Å²) in [7, 11) is 1.51. The Bertz CT molecular complexity index is 1230. The number of para-hydroxylation sites is 1. The molecule has 3 aromatic heterocycles. The zero-order valence-electron chi connectivity index (χ0n) is 16.7. The molecule has 0 radical (unpaired) electrons. The Morgan fingerprint density at radius 2 is 1.97 bits per heavy atom. The van der Waals surface area contributed by atoms with Gasteiger partial charge in [-0.05, 0) is 31.2 Å². The highest BCUT2D eigenvalue weighted by molar-refractivity contribution is 5.98. The predicted octanol–water partition coefficient (Wildman–Crippen LogP) is 2.82. The number of nitrogens with zero attached hydrogens (tertiary/aromatic N) is 5. The van der Waals surface area contributed by atoms with Gasteiger partial charge in [-0.2, -0.15) is 9.97 Å². The van der Waals surface area contributed by atoms with Crippen LogP contribution in [0.15, 0.2) is 53.3 Å². The zero-order valence-corrected chi connectivity index (χ0v) is 16.7. The van der Waals surface area contributed by atoms with Crippen LogP contribution in [0, 0.1) is 6.92 Å². The third kappa shape index (κ3) is 4.24. The highest BCUT2D eigenvalue weighted by atomic mass is 16.5. The quantitative estimate of drug-likeness (QED) is 0.408. The Morgan fingerprint density at radius 3 is 2.65 bits per heavy atom. The molecule has 0 fully saturated rings. The minimum atomic E-state index is -0.686. The van der Waals surface area contributed by atoms with E-state index in [1.807, 2.05) is 6.07 Å². The number of benzene rings is 1. The fourth-order valence-corrected chi connectivity index (χ4v) is 2.83. The van der Waals surface area contributed by atoms with Crippen molar-refractivity contribution in [3.63, 3.8) is 0 Å². The molecule has 4 N–H and O–H groups in total. The van der Waals surface area contributed by atoms with E-state index >= 15 is 0 Å². The lowest BCUT2D eigenvalue weighted by Crippen LogP contribution is -2.16. The van der Waals surface area contributed by atoms with Gasteiger partial charge in [0.1, 0.15) is 17.2 Å². The van der Waals surface area contributed by atoms with Crippen LogP contribution in [0.3, 0.4) is 0 Å². The minimum absolute atomic E-state index is 0.104. The van der Waals surface area contributed by atoms with Crippen LogP contribution >= 0.6 is 0 Å². The number of hydrogen-bond donors (Lipinski definition) is 3. The van der Waals surface area contributed by atoms with E-state index in [9.17, 15) is 4.79 Å². The average molecular weight is 418 g/mol. The Hall–Kier alpha value is -4.54. The molecule has 0 aliphatic carbocycles. The lowest BCUT2D eigenvalue weighted by atomic mass is 10.1. The van der Waals surface area contributed by atoms with Crippen LogP contribution < -0.4 is 21.1 Å². The van der Waals surface area contributed by atoms with Gasteiger partial charge in [-0.1, -0.05) is 17.3 Å². The number of methoxy groups -OCH3 is 1. The summed E-state index contributed by atoms with van der Waals surface area (Å²) in [6.45, 7) is 1.72. The Morgan fingerprint density at radius 1 is 1.10 bits per heavy atom. The first-order valence-corrected chi connectivity index (χ1v) is 9.14. The molecular weight excluding hydrogens is 400 g/mol. The van der Waals surface area contributed by atoms with Crippen molar-refractivity contribution in [3.8, 4) is 17.2 Å². The Balaban J connectivity index is 1.72. The number of rotatable bonds is 7. The predicted molar refractivity (Wildman–Crippen MR) is 112 cm³/mol. The average Bonchev–Trinajstić information content (AvgIpc) is 3.20. The summed E-state index contributed by atoms with van der Waals surface area (Å²) < 4.78 is 10.8. The molecule has 0 aliphatic heterocycles. The van der Waals surface area contributed by atoms with Crippen molar-refractivity contribution in [2.75, 3.05) is 17.7 Å². The second-order valence-electron chi connectivity index (χ2n) is 6.32. The molecule has 1 aromatic carbocycles. The first-order chi connectivity index (χ1) is 15.0. The summed E-state index contributed by atoms with van der Waals surface area (Å²) in [5, 5.41) is 9.88. The third-order valence-electron chi connectivity index (χ3n) is 4.19. The summed E-state index contributed by atoms with van der Waals surface area (Å²) >= 11 is 0. The van der Waals surface area contributed by atoms with Crippen molar-refractivity contribution >= 4 is 29.2 Å². The van der Waals surface area contributed by atoms with E-state index in [1.54, 1.807) is 43.5 Å². The number of nitrogens with two attached hydrogens (primary N) is 1. The van der Waals surface area contributed by atoms with Crippen molar-refractivity contribution in [3.05, 3.63) is 60.2 Å². The topological polar surface area (TPSA) is 154 Å². The normalized spacial score (nSPS) is 10.5. The van der Waals surface area contributed by atoms with Gasteiger partial charge in [0, 0.05) is 12.4 Å². The van der Waals surface area contributed by atoms with E-state index in [4.69, 9.17) is 15.0 Å². The molecule has 156 valence electrons. The van der Waals surface area contributed by atoms with Gasteiger partial charge in [0.25, 0.3) is 11.8 Å². The molecule has 31 heavy (non-hydrogen) atoms. The summed E-state index contributed by atoms with van der Waals surface area (Å²) in [6, 6.07) is 10.7. The fraction of sp³-hybridized carbons (Fsp3) is 0.100. The van der Waals surface area contributed by atoms with Gasteiger partial charge in [0.05, 0.1) is 18.4 Å². The molecule has 0 saturated heterocycles. The number of aromatic nitrogens is 5. The number of pyridine rings is 1. The summed E-state index contributed by atoms with van der Waals surface area (Å²) in [4.78, 5) is 28.9. The first kappa shape index (κ1) is 19.8. The first-order valence-electron chi connectivity index (χ1n) is 9.14. The van der Waals surface area contributed by atoms with Gasteiger partial charge >= 0.3 is 0 Å². The molecule has 11 heteroatoms. The van der Waals surface area contributed by atoms with Crippen molar-refractivity contribution in [1.82, 2.24) is 25.1 Å². The largest absolute Gasteiger partial charge is 0.494 e. The number of carbonyl (C=O) groups is 1. The summed E-state index contributed by atoms with van der Waals surface area (Å²) in [5.41, 5.74) is 6.71. The number of carbonyl (C=O) groups excluding carboxylic acids is 1. The number of aryl methyl sites for hydroxylation is 1. The molecule has 1 amide bonds. The Kier molecular flexibility index (Phi) is 5.39. The van der Waals surface area contributed by atoms with E-state index in [0.717, 1.165) is 0 Å². The van der Waals surface area contributed by atoms with Gasteiger partial charge in [0.2, 0.25) is 5.95 Å². The van der Waals surface area contributed by atoms with E-state index in [1.165, 1.54) is 13.3 Å². The SMILES string of the molecule is COc1c(Nc2nc(Nc3ccccn3)ncc2C(N)=O)cccc1-c1nc(C)no1. The third-order valence-corrected chi connectivity index (χ3v) is 4.19. The van der Waals surface area contributed by atoms with Crippen molar-refractivity contribution < 1.29 is 14.1 Å². The standard InChI is InChI=1S/C20H18N8O3/c1-11-24-19(31-28-11)12-6-5-7-14(16(12)30-2)25-18-13(17(21)29)10-23-20(27-18)26-15-8-3-4-9-22-15/h3-10H,1-2H3,(H2,21,29)(H2,22,23,25,26,27). The maximum absolute atomic E-state index is 11.9. The van der Waals surface area contributed by atoms with E-state index in [0.29, 0.717) is 34.5 Å². The molecule has 3 heterocycles. The second kappa shape index (κ2) is 8.45. The van der Waals surface area contributed by atoms with Gasteiger partial charge < -0.3 is 25.6 Å². The van der Waals surface area contributed by atoms with Gasteiger partial charge in [-0.3, -0.25) is 4.79 Å². The lowest BCUT2D eigenvalue weighted by Gasteiger charge is -2.15. The molecule has 4 aromatic rings. The number of nitrogens with one attached hydrogen (secondary N) is 2. The number of primary amides is 1. The molecule has 0 bridgehead atoms. The number of hydrogen-bond acceptors (Lipinski definition) is 10. The maximum Gasteiger partial charge on any atom is 0.261 e. The van der Waals surface area contributed by atoms with Crippen molar-refractivity contribution in [2.45, 2.75) is 6.92 Å². The molecular formula is C20H18N8O3. The number of amides is 1. The van der Waals surface area contributed by atoms with Crippen LogP contribution in [0.1, 0.15) is 16.2 Å².